The molecule has 6 heteroatoms. The molecule has 0 saturated carbocycles. The van der Waals surface area contributed by atoms with E-state index in [4.69, 9.17) is 9.84 Å². The number of ether oxygens (including phenoxy) is 1. The monoisotopic (exact) mass is 321 g/mol. The van der Waals surface area contributed by atoms with Crippen LogP contribution in [0.1, 0.15) is 37.0 Å². The molecule has 0 aliphatic rings. The van der Waals surface area contributed by atoms with Gasteiger partial charge in [0.2, 0.25) is 5.91 Å². The highest BCUT2D eigenvalue weighted by atomic mass is 16.5. The maximum atomic E-state index is 12.1. The van der Waals surface area contributed by atoms with Crippen LogP contribution in [0, 0.1) is 5.92 Å². The van der Waals surface area contributed by atoms with Crippen LogP contribution in [-0.2, 0) is 9.59 Å². The topological polar surface area (TPSA) is 83.9 Å². The van der Waals surface area contributed by atoms with Crippen molar-refractivity contribution in [2.75, 3.05) is 20.2 Å². The Bertz CT molecular complexity index is 553. The van der Waals surface area contributed by atoms with Gasteiger partial charge in [-0.1, -0.05) is 6.92 Å². The number of carboxylic acid groups (broad SMARTS) is 1. The number of rotatable bonds is 9. The highest BCUT2D eigenvalue weighted by Crippen LogP contribution is 2.14. The molecule has 0 aliphatic heterocycles. The first-order valence-electron chi connectivity index (χ1n) is 7.58. The molecule has 1 amide bonds. The molecule has 6 nitrogen and oxygen atoms in total. The summed E-state index contributed by atoms with van der Waals surface area (Å²) in [6, 6.07) is 6.79. The van der Waals surface area contributed by atoms with E-state index in [1.54, 1.807) is 31.3 Å². The normalized spacial score (nSPS) is 11.6. The summed E-state index contributed by atoms with van der Waals surface area (Å²) in [7, 11) is 1.54. The van der Waals surface area contributed by atoms with Crippen LogP contribution in [0.15, 0.2) is 24.3 Å². The summed E-state index contributed by atoms with van der Waals surface area (Å²) in [5.41, 5.74) is 0.530. The van der Waals surface area contributed by atoms with Crippen molar-refractivity contribution in [3.05, 3.63) is 29.8 Å². The molecule has 23 heavy (non-hydrogen) atoms. The SMILES string of the molecule is CCOc1ccc(C(=O)CCC(=O)N(C)CC(C)C(=O)O)cc1. The molecule has 1 unspecified atom stereocenters. The second-order valence-corrected chi connectivity index (χ2v) is 5.39. The van der Waals surface area contributed by atoms with Crippen molar-refractivity contribution in [1.82, 2.24) is 4.90 Å². The van der Waals surface area contributed by atoms with Gasteiger partial charge in [0.1, 0.15) is 5.75 Å². The van der Waals surface area contributed by atoms with E-state index in [0.717, 1.165) is 0 Å². The van der Waals surface area contributed by atoms with Crippen molar-refractivity contribution in [3.63, 3.8) is 0 Å². The lowest BCUT2D eigenvalue weighted by molar-refractivity contribution is -0.142. The Morgan fingerprint density at radius 2 is 1.78 bits per heavy atom. The van der Waals surface area contributed by atoms with Crippen molar-refractivity contribution >= 4 is 17.7 Å². The summed E-state index contributed by atoms with van der Waals surface area (Å²) in [5.74, 6) is -1.25. The van der Waals surface area contributed by atoms with E-state index in [-0.39, 0.29) is 31.1 Å². The minimum absolute atomic E-state index is 0.0644. The molecule has 0 aliphatic carbocycles. The van der Waals surface area contributed by atoms with E-state index in [9.17, 15) is 14.4 Å². The van der Waals surface area contributed by atoms with Crippen molar-refractivity contribution < 1.29 is 24.2 Å². The molecular weight excluding hydrogens is 298 g/mol. The first kappa shape index (κ1) is 18.7. The molecule has 1 rings (SSSR count). The fourth-order valence-electron chi connectivity index (χ4n) is 2.05. The van der Waals surface area contributed by atoms with Crippen LogP contribution in [0.4, 0.5) is 0 Å². The first-order chi connectivity index (χ1) is 10.8. The Kier molecular flexibility index (Phi) is 7.25. The van der Waals surface area contributed by atoms with Gasteiger partial charge in [0.25, 0.3) is 0 Å². The predicted molar refractivity (Wildman–Crippen MR) is 85.6 cm³/mol. The summed E-state index contributed by atoms with van der Waals surface area (Å²) in [5, 5.41) is 8.84. The lowest BCUT2D eigenvalue weighted by Gasteiger charge is -2.19. The number of benzene rings is 1. The van der Waals surface area contributed by atoms with Crippen molar-refractivity contribution in [2.45, 2.75) is 26.7 Å². The molecule has 0 saturated heterocycles. The Balaban J connectivity index is 2.48. The van der Waals surface area contributed by atoms with E-state index in [0.29, 0.717) is 17.9 Å². The number of ketones is 1. The van der Waals surface area contributed by atoms with Crippen LogP contribution >= 0.6 is 0 Å². The Hall–Kier alpha value is -2.37. The number of hydrogen-bond donors (Lipinski definition) is 1. The van der Waals surface area contributed by atoms with E-state index in [1.807, 2.05) is 6.92 Å². The van der Waals surface area contributed by atoms with Crippen LogP contribution in [-0.4, -0.2) is 47.9 Å². The Labute approximate surface area is 136 Å². The van der Waals surface area contributed by atoms with Gasteiger partial charge < -0.3 is 14.7 Å². The standard InChI is InChI=1S/C17H23NO5/c1-4-23-14-7-5-13(6-8-14)15(19)9-10-16(20)18(3)11-12(2)17(21)22/h5-8,12H,4,9-11H2,1-3H3,(H,21,22). The molecule has 0 spiro atoms. The van der Waals surface area contributed by atoms with E-state index in [2.05, 4.69) is 0 Å². The third-order valence-corrected chi connectivity index (χ3v) is 3.45. The second kappa shape index (κ2) is 8.92. The van der Waals surface area contributed by atoms with Crippen molar-refractivity contribution in [1.29, 1.82) is 0 Å². The lowest BCUT2D eigenvalue weighted by atomic mass is 10.1. The number of hydrogen-bond acceptors (Lipinski definition) is 4. The number of carbonyl (C=O) groups is 3. The zero-order valence-corrected chi connectivity index (χ0v) is 13.7. The highest BCUT2D eigenvalue weighted by Gasteiger charge is 2.18. The second-order valence-electron chi connectivity index (χ2n) is 5.39. The van der Waals surface area contributed by atoms with Gasteiger partial charge in [-0.25, -0.2) is 0 Å². The van der Waals surface area contributed by atoms with Gasteiger partial charge in [-0.05, 0) is 31.2 Å². The lowest BCUT2D eigenvalue weighted by Crippen LogP contribution is -2.33. The van der Waals surface area contributed by atoms with Gasteiger partial charge in [-0.2, -0.15) is 0 Å². The Morgan fingerprint density at radius 1 is 1.17 bits per heavy atom. The maximum Gasteiger partial charge on any atom is 0.308 e. The summed E-state index contributed by atoms with van der Waals surface area (Å²) in [6.45, 7) is 4.11. The molecule has 126 valence electrons. The Morgan fingerprint density at radius 3 is 2.30 bits per heavy atom. The maximum absolute atomic E-state index is 12.1. The number of carbonyl (C=O) groups excluding carboxylic acids is 2. The summed E-state index contributed by atoms with van der Waals surface area (Å²) in [4.78, 5) is 36.1. The minimum Gasteiger partial charge on any atom is -0.494 e. The van der Waals surface area contributed by atoms with E-state index in [1.165, 1.54) is 11.8 Å². The molecule has 1 atom stereocenters. The third kappa shape index (κ3) is 6.10. The van der Waals surface area contributed by atoms with Crippen molar-refractivity contribution in [3.8, 4) is 5.75 Å². The molecule has 0 radical (unpaired) electrons. The van der Waals surface area contributed by atoms with E-state index >= 15 is 0 Å². The van der Waals surface area contributed by atoms with Crippen LogP contribution in [0.2, 0.25) is 0 Å². The van der Waals surface area contributed by atoms with Crippen LogP contribution in [0.25, 0.3) is 0 Å². The van der Waals surface area contributed by atoms with Gasteiger partial charge in [-0.3, -0.25) is 14.4 Å². The zero-order chi connectivity index (χ0) is 17.4. The van der Waals surface area contributed by atoms with Crippen molar-refractivity contribution in [2.24, 2.45) is 5.92 Å². The molecule has 0 fully saturated rings. The van der Waals surface area contributed by atoms with Crippen LogP contribution in [0.5, 0.6) is 5.75 Å². The van der Waals surface area contributed by atoms with Gasteiger partial charge in [0, 0.05) is 32.0 Å². The molecular formula is C17H23NO5. The number of aliphatic carboxylic acids is 1. The number of Topliss-reactive ketones (excluding diaryl/α,β-unsaturated/α-hetero) is 1. The molecule has 0 heterocycles. The molecule has 1 aromatic carbocycles. The van der Waals surface area contributed by atoms with Gasteiger partial charge in [0.15, 0.2) is 5.78 Å². The zero-order valence-electron chi connectivity index (χ0n) is 13.7. The van der Waals surface area contributed by atoms with Gasteiger partial charge in [-0.15, -0.1) is 0 Å². The van der Waals surface area contributed by atoms with Crippen LogP contribution in [0.3, 0.4) is 0 Å². The minimum atomic E-state index is -0.949. The summed E-state index contributed by atoms with van der Waals surface area (Å²) >= 11 is 0. The average Bonchev–Trinajstić information content (AvgIpc) is 2.53. The quantitative estimate of drug-likeness (QED) is 0.705. The highest BCUT2D eigenvalue weighted by molar-refractivity contribution is 5.98. The van der Waals surface area contributed by atoms with E-state index < -0.39 is 11.9 Å². The largest absolute Gasteiger partial charge is 0.494 e. The van der Waals surface area contributed by atoms with Gasteiger partial charge >= 0.3 is 5.97 Å². The summed E-state index contributed by atoms with van der Waals surface area (Å²) < 4.78 is 5.31. The van der Waals surface area contributed by atoms with Gasteiger partial charge in [0.05, 0.1) is 12.5 Å². The predicted octanol–water partition coefficient (Wildman–Crippen LogP) is 2.23. The molecule has 1 N–H and O–H groups in total. The number of nitrogens with zero attached hydrogens (tertiary/aromatic N) is 1. The molecule has 1 aromatic rings. The fourth-order valence-corrected chi connectivity index (χ4v) is 2.05. The van der Waals surface area contributed by atoms with Crippen LogP contribution < -0.4 is 4.74 Å². The number of carboxylic acids is 1. The third-order valence-electron chi connectivity index (χ3n) is 3.45. The summed E-state index contributed by atoms with van der Waals surface area (Å²) in [6.07, 6.45) is 0.160. The smallest absolute Gasteiger partial charge is 0.308 e. The first-order valence-corrected chi connectivity index (χ1v) is 7.58. The molecule has 0 bridgehead atoms. The number of amides is 1. The molecule has 0 aromatic heterocycles. The fraction of sp³-hybridized carbons (Fsp3) is 0.471. The average molecular weight is 321 g/mol.